The molecule has 1 unspecified atom stereocenters. The highest BCUT2D eigenvalue weighted by Crippen LogP contribution is 1.94. The molecule has 0 aliphatic carbocycles. The monoisotopic (exact) mass is 172 g/mol. The van der Waals surface area contributed by atoms with Crippen molar-refractivity contribution in [3.63, 3.8) is 0 Å². The Labute approximate surface area is 72.9 Å². The van der Waals surface area contributed by atoms with Gasteiger partial charge in [-0.2, -0.15) is 0 Å². The van der Waals surface area contributed by atoms with Crippen LogP contribution in [0.2, 0.25) is 0 Å². The highest BCUT2D eigenvalue weighted by atomic mass is 16.1. The van der Waals surface area contributed by atoms with Gasteiger partial charge in [0.2, 0.25) is 6.41 Å². The molecule has 0 aliphatic rings. The Hall–Kier alpha value is -0.900. The van der Waals surface area contributed by atoms with Crippen molar-refractivity contribution in [2.45, 2.75) is 19.9 Å². The molecule has 4 nitrogen and oxygen atoms in total. The summed E-state index contributed by atoms with van der Waals surface area (Å²) in [6.45, 7) is 4.76. The number of likely N-dealkylation sites (N-methyl/N-ethyl adjacent to an activating group) is 1. The lowest BCUT2D eigenvalue weighted by Crippen LogP contribution is -2.40. The molecule has 4 heteroatoms. The fraction of sp³-hybridized carbons (Fsp3) is 0.750. The van der Waals surface area contributed by atoms with Crippen molar-refractivity contribution in [1.82, 2.24) is 10.2 Å². The molecule has 1 N–H and O–H groups in total. The first-order chi connectivity index (χ1) is 5.63. The normalized spacial score (nSPS) is 12.7. The Bertz CT molecular complexity index is 159. The maximum Gasteiger partial charge on any atom is 0.207 e. The van der Waals surface area contributed by atoms with Gasteiger partial charge in [-0.1, -0.05) is 6.92 Å². The predicted octanol–water partition coefficient (Wildman–Crippen LogP) is -0.358. The van der Waals surface area contributed by atoms with Gasteiger partial charge in [-0.3, -0.25) is 14.5 Å². The van der Waals surface area contributed by atoms with E-state index in [2.05, 4.69) is 5.32 Å². The summed E-state index contributed by atoms with van der Waals surface area (Å²) in [6.07, 6.45) is 0.538. The maximum atomic E-state index is 11.2. The number of carbonyl (C=O) groups is 2. The Morgan fingerprint density at radius 1 is 1.67 bits per heavy atom. The molecule has 0 aliphatic heterocycles. The topological polar surface area (TPSA) is 49.4 Å². The van der Waals surface area contributed by atoms with Gasteiger partial charge in [0.1, 0.15) is 0 Å². The molecule has 0 spiro atoms. The van der Waals surface area contributed by atoms with Crippen molar-refractivity contribution < 1.29 is 9.59 Å². The zero-order chi connectivity index (χ0) is 9.56. The summed E-state index contributed by atoms with van der Waals surface area (Å²) in [4.78, 5) is 23.1. The van der Waals surface area contributed by atoms with E-state index in [1.807, 2.05) is 25.8 Å². The molecule has 0 bridgehead atoms. The Morgan fingerprint density at radius 3 is 2.67 bits per heavy atom. The summed E-state index contributed by atoms with van der Waals surface area (Å²) < 4.78 is 0. The van der Waals surface area contributed by atoms with E-state index in [1.54, 1.807) is 0 Å². The third-order valence-corrected chi connectivity index (χ3v) is 1.99. The number of rotatable bonds is 6. The van der Waals surface area contributed by atoms with E-state index < -0.39 is 0 Å². The van der Waals surface area contributed by atoms with Crippen molar-refractivity contribution in [3.05, 3.63) is 0 Å². The standard InChI is InChI=1S/C8H16N2O2/c1-4-10(3)7(2)8(12)5-9-6-11/h6-7H,4-5H2,1-3H3,(H,9,11). The molecule has 0 radical (unpaired) electrons. The summed E-state index contributed by atoms with van der Waals surface area (Å²) in [5.41, 5.74) is 0. The van der Waals surface area contributed by atoms with Crippen molar-refractivity contribution >= 4 is 12.2 Å². The van der Waals surface area contributed by atoms with Crippen LogP contribution in [0, 0.1) is 0 Å². The highest BCUT2D eigenvalue weighted by Gasteiger charge is 2.15. The van der Waals surface area contributed by atoms with Crippen molar-refractivity contribution in [2.75, 3.05) is 20.1 Å². The maximum absolute atomic E-state index is 11.2. The lowest BCUT2D eigenvalue weighted by Gasteiger charge is -2.21. The average Bonchev–Trinajstić information content (AvgIpc) is 2.11. The number of nitrogens with one attached hydrogen (secondary N) is 1. The Morgan fingerprint density at radius 2 is 2.25 bits per heavy atom. The van der Waals surface area contributed by atoms with Gasteiger partial charge in [-0.25, -0.2) is 0 Å². The van der Waals surface area contributed by atoms with Crippen LogP contribution in [0.1, 0.15) is 13.8 Å². The van der Waals surface area contributed by atoms with E-state index in [0.29, 0.717) is 6.41 Å². The molecule has 0 aromatic heterocycles. The van der Waals surface area contributed by atoms with Crippen LogP contribution in [-0.4, -0.2) is 43.3 Å². The number of hydrogen-bond donors (Lipinski definition) is 1. The van der Waals surface area contributed by atoms with Crippen LogP contribution in [0.15, 0.2) is 0 Å². The molecule has 70 valence electrons. The van der Waals surface area contributed by atoms with Gasteiger partial charge >= 0.3 is 0 Å². The predicted molar refractivity (Wildman–Crippen MR) is 46.8 cm³/mol. The van der Waals surface area contributed by atoms with Gasteiger partial charge in [0, 0.05) is 0 Å². The zero-order valence-electron chi connectivity index (χ0n) is 7.83. The molecular weight excluding hydrogens is 156 g/mol. The molecule has 0 fully saturated rings. The minimum Gasteiger partial charge on any atom is -0.352 e. The van der Waals surface area contributed by atoms with Gasteiger partial charge in [-0.15, -0.1) is 0 Å². The minimum absolute atomic E-state index is 0.0338. The SMILES string of the molecule is CCN(C)C(C)C(=O)CNC=O. The smallest absolute Gasteiger partial charge is 0.207 e. The number of carbonyl (C=O) groups excluding carboxylic acids is 2. The molecular formula is C8H16N2O2. The Balaban J connectivity index is 3.83. The fourth-order valence-corrected chi connectivity index (χ4v) is 0.810. The summed E-state index contributed by atoms with van der Waals surface area (Å²) >= 11 is 0. The molecule has 0 saturated heterocycles. The molecule has 0 heterocycles. The van der Waals surface area contributed by atoms with Crippen molar-refractivity contribution in [3.8, 4) is 0 Å². The van der Waals surface area contributed by atoms with Crippen LogP contribution >= 0.6 is 0 Å². The number of Topliss-reactive ketones (excluding diaryl/α,β-unsaturated/α-hetero) is 1. The summed E-state index contributed by atoms with van der Waals surface area (Å²) in [5.74, 6) is 0.0338. The van der Waals surface area contributed by atoms with E-state index in [4.69, 9.17) is 0 Å². The van der Waals surface area contributed by atoms with Gasteiger partial charge in [-0.05, 0) is 20.5 Å². The van der Waals surface area contributed by atoms with Crippen LogP contribution in [0.5, 0.6) is 0 Å². The lowest BCUT2D eigenvalue weighted by molar-refractivity contribution is -0.124. The summed E-state index contributed by atoms with van der Waals surface area (Å²) in [5, 5.41) is 2.35. The third kappa shape index (κ3) is 3.48. The number of nitrogens with zero attached hydrogens (tertiary/aromatic N) is 1. The molecule has 0 aromatic rings. The quantitative estimate of drug-likeness (QED) is 0.557. The second-order valence-corrected chi connectivity index (χ2v) is 2.71. The molecule has 12 heavy (non-hydrogen) atoms. The largest absolute Gasteiger partial charge is 0.352 e. The van der Waals surface area contributed by atoms with Gasteiger partial charge in [0.05, 0.1) is 12.6 Å². The first kappa shape index (κ1) is 11.1. The van der Waals surface area contributed by atoms with E-state index in [1.165, 1.54) is 0 Å². The van der Waals surface area contributed by atoms with Crippen LogP contribution in [-0.2, 0) is 9.59 Å². The molecule has 0 saturated carbocycles. The summed E-state index contributed by atoms with van der Waals surface area (Å²) in [7, 11) is 1.88. The molecule has 0 aromatic carbocycles. The summed E-state index contributed by atoms with van der Waals surface area (Å²) in [6, 6.07) is -0.123. The minimum atomic E-state index is -0.123. The van der Waals surface area contributed by atoms with Crippen molar-refractivity contribution in [1.29, 1.82) is 0 Å². The van der Waals surface area contributed by atoms with Crippen LogP contribution in [0.3, 0.4) is 0 Å². The van der Waals surface area contributed by atoms with E-state index >= 15 is 0 Å². The first-order valence-corrected chi connectivity index (χ1v) is 4.03. The number of ketones is 1. The van der Waals surface area contributed by atoms with Crippen LogP contribution in [0.25, 0.3) is 0 Å². The second-order valence-electron chi connectivity index (χ2n) is 2.71. The van der Waals surface area contributed by atoms with Gasteiger partial charge < -0.3 is 5.32 Å². The zero-order valence-corrected chi connectivity index (χ0v) is 7.83. The fourth-order valence-electron chi connectivity index (χ4n) is 0.810. The third-order valence-electron chi connectivity index (χ3n) is 1.99. The molecule has 1 atom stereocenters. The number of amides is 1. The van der Waals surface area contributed by atoms with E-state index in [9.17, 15) is 9.59 Å². The second kappa shape index (κ2) is 5.71. The molecule has 1 amide bonds. The van der Waals surface area contributed by atoms with Crippen molar-refractivity contribution in [2.24, 2.45) is 0 Å². The molecule has 0 rings (SSSR count). The Kier molecular flexibility index (Phi) is 5.28. The van der Waals surface area contributed by atoms with E-state index in [0.717, 1.165) is 6.54 Å². The lowest BCUT2D eigenvalue weighted by atomic mass is 10.2. The number of hydrogen-bond acceptors (Lipinski definition) is 3. The van der Waals surface area contributed by atoms with Crippen LogP contribution < -0.4 is 5.32 Å². The van der Waals surface area contributed by atoms with E-state index in [-0.39, 0.29) is 18.4 Å². The highest BCUT2D eigenvalue weighted by molar-refractivity contribution is 5.86. The van der Waals surface area contributed by atoms with Gasteiger partial charge in [0.15, 0.2) is 5.78 Å². The first-order valence-electron chi connectivity index (χ1n) is 4.03. The van der Waals surface area contributed by atoms with Crippen LogP contribution in [0.4, 0.5) is 0 Å². The average molecular weight is 172 g/mol. The van der Waals surface area contributed by atoms with Gasteiger partial charge in [0.25, 0.3) is 0 Å².